The SMILES string of the molecule is c1ccc(-c2nc(-c3ccccc3)nc(-c3ccc(-c4ccc(-n5c6ccccc6c6cc(-n7c8ccccc8c8ccc(-n9c%10ccccc%10c%10ccccc%109)cc87)ccc65)c(-n5c6ccccc6c6ccccc65)c4)cc3)n2)cc1. The van der Waals surface area contributed by atoms with Crippen LogP contribution in [0, 0.1) is 0 Å². The van der Waals surface area contributed by atoms with Crippen molar-refractivity contribution in [2.24, 2.45) is 0 Å². The topological polar surface area (TPSA) is 58.4 Å². The van der Waals surface area contributed by atoms with Gasteiger partial charge in [-0.25, -0.2) is 15.0 Å². The van der Waals surface area contributed by atoms with Crippen LogP contribution < -0.4 is 0 Å². The maximum absolute atomic E-state index is 5.04. The zero-order valence-electron chi connectivity index (χ0n) is 44.3. The minimum Gasteiger partial charge on any atom is -0.309 e. The summed E-state index contributed by atoms with van der Waals surface area (Å²) in [4.78, 5) is 15.0. The van der Waals surface area contributed by atoms with Crippen molar-refractivity contribution < 1.29 is 0 Å². The van der Waals surface area contributed by atoms with Gasteiger partial charge in [-0.15, -0.1) is 0 Å². The molecule has 5 aromatic heterocycles. The molecule has 17 rings (SSSR count). The van der Waals surface area contributed by atoms with Crippen LogP contribution in [0.1, 0.15) is 0 Å². The third-order valence-electron chi connectivity index (χ3n) is 16.6. The van der Waals surface area contributed by atoms with E-state index in [0.717, 1.165) is 78.2 Å². The molecule has 5 heterocycles. The molecule has 0 amide bonds. The van der Waals surface area contributed by atoms with Crippen molar-refractivity contribution in [2.75, 3.05) is 0 Å². The van der Waals surface area contributed by atoms with Gasteiger partial charge in [-0.2, -0.15) is 0 Å². The van der Waals surface area contributed by atoms with E-state index in [9.17, 15) is 0 Å². The molecule has 82 heavy (non-hydrogen) atoms. The summed E-state index contributed by atoms with van der Waals surface area (Å²) in [6.45, 7) is 0. The van der Waals surface area contributed by atoms with Gasteiger partial charge in [0, 0.05) is 71.2 Å². The summed E-state index contributed by atoms with van der Waals surface area (Å²) in [5, 5.41) is 9.71. The predicted octanol–water partition coefficient (Wildman–Crippen LogP) is 18.9. The van der Waals surface area contributed by atoms with E-state index in [1.807, 2.05) is 60.7 Å². The van der Waals surface area contributed by atoms with E-state index in [2.05, 4.69) is 243 Å². The van der Waals surface area contributed by atoms with Gasteiger partial charge in [0.1, 0.15) is 0 Å². The molecule has 0 bridgehead atoms. The second kappa shape index (κ2) is 18.2. The highest BCUT2D eigenvalue weighted by molar-refractivity contribution is 6.15. The summed E-state index contributed by atoms with van der Waals surface area (Å²) in [5.74, 6) is 1.90. The number of hydrogen-bond acceptors (Lipinski definition) is 3. The van der Waals surface area contributed by atoms with Gasteiger partial charge < -0.3 is 18.3 Å². The van der Waals surface area contributed by atoms with E-state index in [1.165, 1.54) is 59.6 Å². The molecular formula is C75H47N7. The molecular weight excluding hydrogens is 999 g/mol. The van der Waals surface area contributed by atoms with Crippen molar-refractivity contribution in [3.8, 4) is 68.0 Å². The van der Waals surface area contributed by atoms with Crippen molar-refractivity contribution in [1.82, 2.24) is 33.2 Å². The number of para-hydroxylation sites is 6. The fourth-order valence-electron chi connectivity index (χ4n) is 12.9. The molecule has 0 aliphatic heterocycles. The van der Waals surface area contributed by atoms with Crippen LogP contribution in [0.2, 0.25) is 0 Å². The Morgan fingerprint density at radius 1 is 0.183 bits per heavy atom. The Morgan fingerprint density at radius 2 is 0.512 bits per heavy atom. The average molecular weight is 1050 g/mol. The Kier molecular flexibility index (Phi) is 10.2. The Balaban J connectivity index is 0.846. The number of hydrogen-bond donors (Lipinski definition) is 0. The molecule has 0 saturated heterocycles. The van der Waals surface area contributed by atoms with Crippen molar-refractivity contribution in [3.63, 3.8) is 0 Å². The van der Waals surface area contributed by atoms with Gasteiger partial charge in [-0.05, 0) is 90.0 Å². The monoisotopic (exact) mass is 1050 g/mol. The zero-order chi connectivity index (χ0) is 53.8. The second-order valence-electron chi connectivity index (χ2n) is 21.2. The molecule has 0 spiro atoms. The van der Waals surface area contributed by atoms with E-state index in [4.69, 9.17) is 15.0 Å². The Morgan fingerprint density at radius 3 is 1.00 bits per heavy atom. The first-order chi connectivity index (χ1) is 40.7. The van der Waals surface area contributed by atoms with E-state index in [0.29, 0.717) is 17.5 Å². The van der Waals surface area contributed by atoms with E-state index in [-0.39, 0.29) is 0 Å². The summed E-state index contributed by atoms with van der Waals surface area (Å²) >= 11 is 0. The fraction of sp³-hybridized carbons (Fsp3) is 0. The third kappa shape index (κ3) is 7.06. The first kappa shape index (κ1) is 45.8. The van der Waals surface area contributed by atoms with Crippen LogP contribution >= 0.6 is 0 Å². The number of fused-ring (bicyclic) bond motifs is 12. The highest BCUT2D eigenvalue weighted by atomic mass is 15.1. The Hall–Kier alpha value is -11.2. The van der Waals surface area contributed by atoms with Crippen LogP contribution in [0.3, 0.4) is 0 Å². The van der Waals surface area contributed by atoms with Crippen LogP contribution in [-0.4, -0.2) is 33.2 Å². The maximum atomic E-state index is 5.04. The number of nitrogens with zero attached hydrogens (tertiary/aromatic N) is 7. The first-order valence-electron chi connectivity index (χ1n) is 27.8. The van der Waals surface area contributed by atoms with E-state index < -0.39 is 0 Å². The molecule has 0 fully saturated rings. The molecule has 0 atom stereocenters. The van der Waals surface area contributed by atoms with Crippen molar-refractivity contribution in [3.05, 3.63) is 285 Å². The quantitative estimate of drug-likeness (QED) is 0.152. The number of benzene rings is 12. The fourth-order valence-corrected chi connectivity index (χ4v) is 12.9. The van der Waals surface area contributed by atoms with Gasteiger partial charge in [0.25, 0.3) is 0 Å². The van der Waals surface area contributed by atoms with Crippen molar-refractivity contribution in [2.45, 2.75) is 0 Å². The van der Waals surface area contributed by atoms with Crippen LogP contribution in [-0.2, 0) is 0 Å². The largest absolute Gasteiger partial charge is 0.309 e. The molecule has 0 saturated carbocycles. The molecule has 0 unspecified atom stereocenters. The standard InChI is InChI=1S/C75H47N7/c1-3-19-49(20-4-1)73-76-74(50-21-5-2-6-22-50)78-75(77-73)51-37-35-48(36-38-51)52-39-43-70(72(45-52)82-66-32-16-10-25-57(66)58-26-11-17-33-67(58)82)81-68-34-18-12-28-60(68)62-46-53(41-44-69(62)81)80-65-31-15-9-27-59(65)61-42-40-54(47-71(61)80)79-63-29-13-7-23-55(63)56-24-8-14-30-64(56)79/h1-47H. The van der Waals surface area contributed by atoms with Gasteiger partial charge in [-0.1, -0.05) is 206 Å². The van der Waals surface area contributed by atoms with Crippen LogP contribution in [0.15, 0.2) is 285 Å². The highest BCUT2D eigenvalue weighted by Crippen LogP contribution is 2.43. The van der Waals surface area contributed by atoms with Gasteiger partial charge in [-0.3, -0.25) is 0 Å². The summed E-state index contributed by atoms with van der Waals surface area (Å²) in [6.07, 6.45) is 0. The molecule has 0 radical (unpaired) electrons. The lowest BCUT2D eigenvalue weighted by Crippen LogP contribution is -2.04. The predicted molar refractivity (Wildman–Crippen MR) is 339 cm³/mol. The highest BCUT2D eigenvalue weighted by Gasteiger charge is 2.23. The van der Waals surface area contributed by atoms with Gasteiger partial charge >= 0.3 is 0 Å². The van der Waals surface area contributed by atoms with Gasteiger partial charge in [0.15, 0.2) is 17.5 Å². The Labute approximate surface area is 471 Å². The minimum atomic E-state index is 0.623. The van der Waals surface area contributed by atoms with Crippen molar-refractivity contribution in [1.29, 1.82) is 0 Å². The Bertz CT molecular complexity index is 5230. The minimum absolute atomic E-state index is 0.623. The lowest BCUT2D eigenvalue weighted by Gasteiger charge is -2.18. The average Bonchev–Trinajstić information content (AvgIpc) is 4.15. The van der Waals surface area contributed by atoms with E-state index in [1.54, 1.807) is 0 Å². The van der Waals surface area contributed by atoms with Crippen LogP contribution in [0.4, 0.5) is 0 Å². The summed E-state index contributed by atoms with van der Waals surface area (Å²) < 4.78 is 9.81. The number of aromatic nitrogens is 7. The smallest absolute Gasteiger partial charge is 0.164 e. The van der Waals surface area contributed by atoms with Gasteiger partial charge in [0.05, 0.1) is 55.5 Å². The summed E-state index contributed by atoms with van der Waals surface area (Å²) in [6, 6.07) is 103. The second-order valence-corrected chi connectivity index (χ2v) is 21.2. The summed E-state index contributed by atoms with van der Waals surface area (Å²) in [5.41, 5.74) is 18.6. The molecule has 0 aliphatic rings. The number of rotatable bonds is 8. The zero-order valence-corrected chi connectivity index (χ0v) is 44.3. The lowest BCUT2D eigenvalue weighted by atomic mass is 10.0. The summed E-state index contributed by atoms with van der Waals surface area (Å²) in [7, 11) is 0. The molecule has 382 valence electrons. The molecule has 7 nitrogen and oxygen atoms in total. The van der Waals surface area contributed by atoms with Gasteiger partial charge in [0.2, 0.25) is 0 Å². The molecule has 12 aromatic carbocycles. The molecule has 7 heteroatoms. The molecule has 0 aliphatic carbocycles. The van der Waals surface area contributed by atoms with Crippen LogP contribution in [0.25, 0.3) is 155 Å². The first-order valence-corrected chi connectivity index (χ1v) is 27.8. The molecule has 0 N–H and O–H groups in total. The lowest BCUT2D eigenvalue weighted by molar-refractivity contribution is 1.07. The van der Waals surface area contributed by atoms with Crippen molar-refractivity contribution >= 4 is 87.2 Å². The van der Waals surface area contributed by atoms with E-state index >= 15 is 0 Å². The van der Waals surface area contributed by atoms with Crippen LogP contribution in [0.5, 0.6) is 0 Å². The maximum Gasteiger partial charge on any atom is 0.164 e. The molecule has 17 aromatic rings. The normalized spacial score (nSPS) is 11.9. The third-order valence-corrected chi connectivity index (χ3v) is 16.6.